The predicted octanol–water partition coefficient (Wildman–Crippen LogP) is 3.90. The van der Waals surface area contributed by atoms with Gasteiger partial charge in [-0.15, -0.1) is 0 Å². The number of piperidine rings is 1. The van der Waals surface area contributed by atoms with E-state index in [-0.39, 0.29) is 18.0 Å². The standard InChI is InChI=1S/C19H26ClN3O2/c1-13(2)23-10-5-8-19(17(23)24)9-11-22(12-19)18(25)21-16-14(3)6-4-7-15(16)20/h4,6-7,13H,5,8-12H2,1-3H3,(H,21,25)/t19-/m1/s1. The zero-order chi connectivity index (χ0) is 18.2. The van der Waals surface area contributed by atoms with Crippen LogP contribution in [0.4, 0.5) is 10.5 Å². The van der Waals surface area contributed by atoms with Gasteiger partial charge < -0.3 is 15.1 Å². The third-order valence-electron chi connectivity index (χ3n) is 5.49. The molecule has 1 spiro atoms. The minimum atomic E-state index is -0.407. The number of likely N-dealkylation sites (tertiary alicyclic amines) is 2. The summed E-state index contributed by atoms with van der Waals surface area (Å²) in [6.07, 6.45) is 2.61. The van der Waals surface area contributed by atoms with Crippen LogP contribution in [0.1, 0.15) is 38.7 Å². The van der Waals surface area contributed by atoms with E-state index >= 15 is 0 Å². The quantitative estimate of drug-likeness (QED) is 0.866. The number of carbonyl (C=O) groups is 2. The molecule has 25 heavy (non-hydrogen) atoms. The Kier molecular flexibility index (Phi) is 4.96. The lowest BCUT2D eigenvalue weighted by molar-refractivity contribution is -0.147. The molecule has 1 aromatic carbocycles. The largest absolute Gasteiger partial charge is 0.340 e. The van der Waals surface area contributed by atoms with Crippen LogP contribution in [0.5, 0.6) is 0 Å². The Morgan fingerprint density at radius 3 is 2.72 bits per heavy atom. The Labute approximate surface area is 154 Å². The van der Waals surface area contributed by atoms with Gasteiger partial charge in [0.2, 0.25) is 5.91 Å². The maximum absolute atomic E-state index is 13.0. The molecule has 0 aromatic heterocycles. The number of amides is 3. The first kappa shape index (κ1) is 18.1. The number of hydrogen-bond acceptors (Lipinski definition) is 2. The van der Waals surface area contributed by atoms with Crippen LogP contribution in [0, 0.1) is 12.3 Å². The molecule has 3 amide bonds. The zero-order valence-electron chi connectivity index (χ0n) is 15.1. The molecule has 2 heterocycles. The highest BCUT2D eigenvalue weighted by atomic mass is 35.5. The molecule has 5 nitrogen and oxygen atoms in total. The summed E-state index contributed by atoms with van der Waals surface area (Å²) in [5.41, 5.74) is 1.17. The van der Waals surface area contributed by atoms with Crippen molar-refractivity contribution < 1.29 is 9.59 Å². The zero-order valence-corrected chi connectivity index (χ0v) is 15.9. The Bertz CT molecular complexity index is 671. The second-order valence-corrected chi connectivity index (χ2v) is 7.92. The molecule has 2 saturated heterocycles. The van der Waals surface area contributed by atoms with Crippen LogP contribution < -0.4 is 5.32 Å². The average molecular weight is 364 g/mol. The van der Waals surface area contributed by atoms with Crippen molar-refractivity contribution in [1.82, 2.24) is 9.80 Å². The van der Waals surface area contributed by atoms with Crippen molar-refractivity contribution in [3.8, 4) is 0 Å². The van der Waals surface area contributed by atoms with E-state index in [1.165, 1.54) is 0 Å². The first-order valence-electron chi connectivity index (χ1n) is 8.96. The lowest BCUT2D eigenvalue weighted by Crippen LogP contribution is -2.52. The summed E-state index contributed by atoms with van der Waals surface area (Å²) < 4.78 is 0. The summed E-state index contributed by atoms with van der Waals surface area (Å²) in [5.74, 6) is 0.206. The van der Waals surface area contributed by atoms with Gasteiger partial charge in [0, 0.05) is 25.7 Å². The van der Waals surface area contributed by atoms with Crippen LogP contribution in [-0.4, -0.2) is 47.4 Å². The Hall–Kier alpha value is -1.75. The molecule has 0 radical (unpaired) electrons. The maximum Gasteiger partial charge on any atom is 0.321 e. The van der Waals surface area contributed by atoms with E-state index in [2.05, 4.69) is 19.2 Å². The normalized spacial score (nSPS) is 23.6. The SMILES string of the molecule is Cc1cccc(Cl)c1NC(=O)N1CC[C@]2(CCCN(C(C)C)C2=O)C1. The molecular weight excluding hydrogens is 338 g/mol. The molecule has 1 atom stereocenters. The molecule has 136 valence electrons. The van der Waals surface area contributed by atoms with Gasteiger partial charge in [-0.2, -0.15) is 0 Å². The van der Waals surface area contributed by atoms with Gasteiger partial charge >= 0.3 is 6.03 Å². The van der Waals surface area contributed by atoms with Crippen LogP contribution in [-0.2, 0) is 4.79 Å². The molecule has 2 aliphatic heterocycles. The van der Waals surface area contributed by atoms with Gasteiger partial charge in [0.15, 0.2) is 0 Å². The van der Waals surface area contributed by atoms with E-state index in [0.29, 0.717) is 23.8 Å². The van der Waals surface area contributed by atoms with E-state index in [1.807, 2.05) is 24.0 Å². The number of anilines is 1. The van der Waals surface area contributed by atoms with Crippen LogP contribution in [0.15, 0.2) is 18.2 Å². The highest BCUT2D eigenvalue weighted by molar-refractivity contribution is 6.33. The molecule has 0 unspecified atom stereocenters. The lowest BCUT2D eigenvalue weighted by Gasteiger charge is -2.41. The number of halogens is 1. The molecule has 3 rings (SSSR count). The van der Waals surface area contributed by atoms with Gasteiger partial charge in [-0.25, -0.2) is 4.79 Å². The van der Waals surface area contributed by atoms with Gasteiger partial charge in [0.05, 0.1) is 16.1 Å². The summed E-state index contributed by atoms with van der Waals surface area (Å²) in [6.45, 7) is 7.94. The minimum absolute atomic E-state index is 0.178. The van der Waals surface area contributed by atoms with E-state index < -0.39 is 5.41 Å². The number of aryl methyl sites for hydroxylation is 1. The summed E-state index contributed by atoms with van der Waals surface area (Å²) in [7, 11) is 0. The summed E-state index contributed by atoms with van der Waals surface area (Å²) in [5, 5.41) is 3.45. The highest BCUT2D eigenvalue weighted by Crippen LogP contribution is 2.41. The first-order valence-corrected chi connectivity index (χ1v) is 9.34. The molecule has 1 aromatic rings. The van der Waals surface area contributed by atoms with E-state index in [0.717, 1.165) is 31.4 Å². The number of benzene rings is 1. The van der Waals surface area contributed by atoms with Gasteiger partial charge in [0.1, 0.15) is 0 Å². The molecule has 0 saturated carbocycles. The van der Waals surface area contributed by atoms with E-state index in [4.69, 9.17) is 11.6 Å². The van der Waals surface area contributed by atoms with Crippen molar-refractivity contribution in [1.29, 1.82) is 0 Å². The maximum atomic E-state index is 13.0. The van der Waals surface area contributed by atoms with Crippen LogP contribution >= 0.6 is 11.6 Å². The predicted molar refractivity (Wildman–Crippen MR) is 99.9 cm³/mol. The first-order chi connectivity index (χ1) is 11.8. The highest BCUT2D eigenvalue weighted by Gasteiger charge is 2.49. The third-order valence-corrected chi connectivity index (χ3v) is 5.80. The van der Waals surface area contributed by atoms with Gasteiger partial charge in [0.25, 0.3) is 0 Å². The van der Waals surface area contributed by atoms with E-state index in [9.17, 15) is 9.59 Å². The van der Waals surface area contributed by atoms with Gasteiger partial charge in [-0.1, -0.05) is 23.7 Å². The second-order valence-electron chi connectivity index (χ2n) is 7.51. The van der Waals surface area contributed by atoms with Crippen molar-refractivity contribution >= 4 is 29.2 Å². The molecule has 2 fully saturated rings. The molecule has 6 heteroatoms. The number of nitrogens with zero attached hydrogens (tertiary/aromatic N) is 2. The van der Waals surface area contributed by atoms with Gasteiger partial charge in [-0.3, -0.25) is 4.79 Å². The Morgan fingerprint density at radius 2 is 2.04 bits per heavy atom. The minimum Gasteiger partial charge on any atom is -0.340 e. The molecule has 0 aliphatic carbocycles. The number of urea groups is 1. The molecule has 2 aliphatic rings. The summed E-state index contributed by atoms with van der Waals surface area (Å²) in [6, 6.07) is 5.57. The lowest BCUT2D eigenvalue weighted by atomic mass is 9.78. The smallest absolute Gasteiger partial charge is 0.321 e. The third kappa shape index (κ3) is 3.34. The molecular formula is C19H26ClN3O2. The Morgan fingerprint density at radius 1 is 1.28 bits per heavy atom. The van der Waals surface area contributed by atoms with Gasteiger partial charge in [-0.05, 0) is 51.7 Å². The van der Waals surface area contributed by atoms with E-state index in [1.54, 1.807) is 11.0 Å². The number of rotatable bonds is 2. The van der Waals surface area contributed by atoms with Crippen LogP contribution in [0.25, 0.3) is 0 Å². The van der Waals surface area contributed by atoms with Crippen molar-refractivity contribution in [2.45, 2.75) is 46.1 Å². The monoisotopic (exact) mass is 363 g/mol. The van der Waals surface area contributed by atoms with Crippen LogP contribution in [0.2, 0.25) is 5.02 Å². The molecule has 1 N–H and O–H groups in total. The fourth-order valence-electron chi connectivity index (χ4n) is 3.99. The fraction of sp³-hybridized carbons (Fsp3) is 0.579. The fourth-order valence-corrected chi connectivity index (χ4v) is 4.26. The van der Waals surface area contributed by atoms with Crippen molar-refractivity contribution in [2.24, 2.45) is 5.41 Å². The second kappa shape index (κ2) is 6.87. The number of para-hydroxylation sites is 1. The average Bonchev–Trinajstić information content (AvgIpc) is 2.99. The van der Waals surface area contributed by atoms with Crippen LogP contribution in [0.3, 0.4) is 0 Å². The number of carbonyl (C=O) groups excluding carboxylic acids is 2. The number of nitrogens with one attached hydrogen (secondary N) is 1. The van der Waals surface area contributed by atoms with Crippen molar-refractivity contribution in [3.63, 3.8) is 0 Å². The molecule has 0 bridgehead atoms. The number of hydrogen-bond donors (Lipinski definition) is 1. The van der Waals surface area contributed by atoms with Crippen molar-refractivity contribution in [2.75, 3.05) is 25.0 Å². The Balaban J connectivity index is 1.72. The summed E-state index contributed by atoms with van der Waals surface area (Å²) >= 11 is 6.21. The topological polar surface area (TPSA) is 52.7 Å². The van der Waals surface area contributed by atoms with Crippen molar-refractivity contribution in [3.05, 3.63) is 28.8 Å². The summed E-state index contributed by atoms with van der Waals surface area (Å²) in [4.78, 5) is 29.4.